The summed E-state index contributed by atoms with van der Waals surface area (Å²) in [5.41, 5.74) is 0.796. The molecule has 0 saturated heterocycles. The topological polar surface area (TPSA) is 32.7 Å². The van der Waals surface area contributed by atoms with Crippen molar-refractivity contribution in [3.63, 3.8) is 0 Å². The highest BCUT2D eigenvalue weighted by Crippen LogP contribution is 2.34. The van der Waals surface area contributed by atoms with Gasteiger partial charge in [0.25, 0.3) is 0 Å². The number of rotatable bonds is 5. The van der Waals surface area contributed by atoms with Crippen LogP contribution in [0.4, 0.5) is 0 Å². The van der Waals surface area contributed by atoms with Gasteiger partial charge in [-0.15, -0.1) is 0 Å². The van der Waals surface area contributed by atoms with E-state index in [1.807, 2.05) is 0 Å². The molecule has 0 unspecified atom stereocenters. The first-order valence-corrected chi connectivity index (χ1v) is 6.16. The minimum Gasteiger partial charge on any atom is -0.504 e. The van der Waals surface area contributed by atoms with Crippen LogP contribution in [0.25, 0.3) is 0 Å². The van der Waals surface area contributed by atoms with Crippen molar-refractivity contribution in [1.29, 1.82) is 0 Å². The van der Waals surface area contributed by atoms with E-state index >= 15 is 0 Å². The average molecular weight is 258 g/mol. The van der Waals surface area contributed by atoms with Crippen LogP contribution in [0.5, 0.6) is 11.5 Å². The SMILES string of the molecule is CCN(Cc1cc(Cl)cc(OC)c1O)C(C)C. The lowest BCUT2D eigenvalue weighted by Crippen LogP contribution is -2.29. The molecule has 0 bridgehead atoms. The molecule has 1 rings (SSSR count). The molecule has 0 heterocycles. The van der Waals surface area contributed by atoms with E-state index in [-0.39, 0.29) is 5.75 Å². The van der Waals surface area contributed by atoms with Gasteiger partial charge in [-0.25, -0.2) is 0 Å². The number of nitrogens with zero attached hydrogens (tertiary/aromatic N) is 1. The van der Waals surface area contributed by atoms with Gasteiger partial charge in [-0.1, -0.05) is 18.5 Å². The van der Waals surface area contributed by atoms with E-state index in [4.69, 9.17) is 16.3 Å². The lowest BCUT2D eigenvalue weighted by Gasteiger charge is -2.25. The van der Waals surface area contributed by atoms with Crippen molar-refractivity contribution in [2.45, 2.75) is 33.4 Å². The Morgan fingerprint density at radius 1 is 1.41 bits per heavy atom. The molecule has 0 fully saturated rings. The van der Waals surface area contributed by atoms with Crippen molar-refractivity contribution in [3.05, 3.63) is 22.7 Å². The molecule has 0 aliphatic rings. The summed E-state index contributed by atoms with van der Waals surface area (Å²) in [7, 11) is 1.52. The van der Waals surface area contributed by atoms with Gasteiger partial charge in [0.15, 0.2) is 11.5 Å². The second kappa shape index (κ2) is 6.12. The molecule has 17 heavy (non-hydrogen) atoms. The van der Waals surface area contributed by atoms with Crippen molar-refractivity contribution in [1.82, 2.24) is 4.90 Å². The Labute approximate surface area is 108 Å². The quantitative estimate of drug-likeness (QED) is 0.879. The minimum absolute atomic E-state index is 0.177. The van der Waals surface area contributed by atoms with Gasteiger partial charge >= 0.3 is 0 Å². The van der Waals surface area contributed by atoms with Crippen LogP contribution in [0, 0.1) is 0 Å². The van der Waals surface area contributed by atoms with Crippen LogP contribution in [0.1, 0.15) is 26.3 Å². The van der Waals surface area contributed by atoms with Gasteiger partial charge in [0, 0.05) is 29.2 Å². The number of phenols is 1. The summed E-state index contributed by atoms with van der Waals surface area (Å²) in [4.78, 5) is 2.24. The standard InChI is InChI=1S/C13H20ClNO2/c1-5-15(9(2)3)8-10-6-11(14)7-12(17-4)13(10)16/h6-7,9,16H,5,8H2,1-4H3. The molecular formula is C13H20ClNO2. The van der Waals surface area contributed by atoms with Crippen LogP contribution in [0.15, 0.2) is 12.1 Å². The third-order valence-electron chi connectivity index (χ3n) is 2.85. The number of benzene rings is 1. The van der Waals surface area contributed by atoms with Gasteiger partial charge in [0.05, 0.1) is 7.11 Å². The summed E-state index contributed by atoms with van der Waals surface area (Å²) < 4.78 is 5.09. The second-order valence-corrected chi connectivity index (χ2v) is 4.71. The van der Waals surface area contributed by atoms with Gasteiger partial charge in [-0.2, -0.15) is 0 Å². The largest absolute Gasteiger partial charge is 0.504 e. The van der Waals surface area contributed by atoms with E-state index in [9.17, 15) is 5.11 Å². The second-order valence-electron chi connectivity index (χ2n) is 4.27. The Kier molecular flexibility index (Phi) is 5.09. The molecule has 1 N–H and O–H groups in total. The van der Waals surface area contributed by atoms with E-state index in [1.165, 1.54) is 7.11 Å². The smallest absolute Gasteiger partial charge is 0.162 e. The van der Waals surface area contributed by atoms with E-state index in [0.717, 1.165) is 12.1 Å². The summed E-state index contributed by atoms with van der Waals surface area (Å²) in [6.07, 6.45) is 0. The van der Waals surface area contributed by atoms with Gasteiger partial charge in [0.1, 0.15) is 0 Å². The number of methoxy groups -OCH3 is 1. The van der Waals surface area contributed by atoms with Gasteiger partial charge in [0.2, 0.25) is 0 Å². The molecule has 1 aromatic rings. The van der Waals surface area contributed by atoms with Crippen molar-refractivity contribution in [3.8, 4) is 11.5 Å². The maximum absolute atomic E-state index is 10.0. The first-order valence-electron chi connectivity index (χ1n) is 5.79. The Morgan fingerprint density at radius 2 is 2.06 bits per heavy atom. The van der Waals surface area contributed by atoms with E-state index in [1.54, 1.807) is 12.1 Å². The first kappa shape index (κ1) is 14.1. The third-order valence-corrected chi connectivity index (χ3v) is 3.07. The van der Waals surface area contributed by atoms with Crippen molar-refractivity contribution in [2.24, 2.45) is 0 Å². The average Bonchev–Trinajstić information content (AvgIpc) is 2.29. The minimum atomic E-state index is 0.177. The third kappa shape index (κ3) is 3.51. The molecule has 96 valence electrons. The van der Waals surface area contributed by atoms with Crippen LogP contribution in [0.2, 0.25) is 5.02 Å². The van der Waals surface area contributed by atoms with E-state index in [2.05, 4.69) is 25.7 Å². The highest BCUT2D eigenvalue weighted by atomic mass is 35.5. The van der Waals surface area contributed by atoms with Crippen molar-refractivity contribution in [2.75, 3.05) is 13.7 Å². The summed E-state index contributed by atoms with van der Waals surface area (Å²) >= 11 is 6.00. The fraction of sp³-hybridized carbons (Fsp3) is 0.538. The molecule has 0 aliphatic heterocycles. The molecule has 3 nitrogen and oxygen atoms in total. The number of phenolic OH excluding ortho intramolecular Hbond substituents is 1. The Balaban J connectivity index is 3.01. The molecule has 0 spiro atoms. The highest BCUT2D eigenvalue weighted by molar-refractivity contribution is 6.30. The first-order chi connectivity index (χ1) is 7.99. The van der Waals surface area contributed by atoms with Crippen molar-refractivity contribution < 1.29 is 9.84 Å². The molecular weight excluding hydrogens is 238 g/mol. The summed E-state index contributed by atoms with van der Waals surface area (Å²) in [6.45, 7) is 7.94. The lowest BCUT2D eigenvalue weighted by molar-refractivity contribution is 0.221. The number of hydrogen-bond acceptors (Lipinski definition) is 3. The molecule has 1 aromatic carbocycles. The zero-order valence-electron chi connectivity index (χ0n) is 10.8. The highest BCUT2D eigenvalue weighted by Gasteiger charge is 2.14. The van der Waals surface area contributed by atoms with Gasteiger partial charge in [-0.05, 0) is 26.5 Å². The fourth-order valence-electron chi connectivity index (χ4n) is 1.78. The predicted octanol–water partition coefficient (Wildman–Crippen LogP) is 3.28. The maximum atomic E-state index is 10.0. The normalized spacial score (nSPS) is 11.2. The van der Waals surface area contributed by atoms with Crippen LogP contribution in [0.3, 0.4) is 0 Å². The Morgan fingerprint density at radius 3 is 2.53 bits per heavy atom. The Bertz CT molecular complexity index is 380. The number of halogens is 1. The molecule has 0 saturated carbocycles. The molecule has 0 aromatic heterocycles. The van der Waals surface area contributed by atoms with E-state index in [0.29, 0.717) is 23.4 Å². The summed E-state index contributed by atoms with van der Waals surface area (Å²) in [5, 5.41) is 10.6. The molecule has 0 aliphatic carbocycles. The predicted molar refractivity (Wildman–Crippen MR) is 70.9 cm³/mol. The van der Waals surface area contributed by atoms with Gasteiger partial charge in [-0.3, -0.25) is 4.90 Å². The zero-order chi connectivity index (χ0) is 13.0. The fourth-order valence-corrected chi connectivity index (χ4v) is 2.01. The van der Waals surface area contributed by atoms with Crippen LogP contribution in [-0.4, -0.2) is 29.7 Å². The van der Waals surface area contributed by atoms with Crippen molar-refractivity contribution >= 4 is 11.6 Å². The van der Waals surface area contributed by atoms with Crippen LogP contribution >= 0.6 is 11.6 Å². The lowest BCUT2D eigenvalue weighted by atomic mass is 10.1. The summed E-state index contributed by atoms with van der Waals surface area (Å²) in [5.74, 6) is 0.600. The monoisotopic (exact) mass is 257 g/mol. The molecule has 0 radical (unpaired) electrons. The van der Waals surface area contributed by atoms with Gasteiger partial charge < -0.3 is 9.84 Å². The molecule has 0 atom stereocenters. The zero-order valence-corrected chi connectivity index (χ0v) is 11.6. The van der Waals surface area contributed by atoms with Crippen LogP contribution in [-0.2, 0) is 6.54 Å². The maximum Gasteiger partial charge on any atom is 0.162 e. The summed E-state index contributed by atoms with van der Waals surface area (Å²) in [6, 6.07) is 3.82. The number of aromatic hydroxyl groups is 1. The molecule has 0 amide bonds. The number of hydrogen-bond donors (Lipinski definition) is 1. The van der Waals surface area contributed by atoms with E-state index < -0.39 is 0 Å². The number of ether oxygens (including phenoxy) is 1. The van der Waals surface area contributed by atoms with Crippen LogP contribution < -0.4 is 4.74 Å². The molecule has 4 heteroatoms. The Hall–Kier alpha value is -0.930.